The van der Waals surface area contributed by atoms with Gasteiger partial charge in [-0.1, -0.05) is 17.7 Å². The van der Waals surface area contributed by atoms with Gasteiger partial charge in [-0.15, -0.1) is 0 Å². The molecule has 6 nitrogen and oxygen atoms in total. The highest BCUT2D eigenvalue weighted by Crippen LogP contribution is 2.32. The third kappa shape index (κ3) is 5.47. The number of alkyl halides is 3. The van der Waals surface area contributed by atoms with Crippen LogP contribution in [0.1, 0.15) is 12.5 Å². The molecule has 0 N–H and O–H groups in total. The van der Waals surface area contributed by atoms with Crippen LogP contribution in [0.15, 0.2) is 48.5 Å². The minimum atomic E-state index is -4.43. The Hall–Kier alpha value is -2.46. The number of piperazine rings is 1. The Morgan fingerprint density at radius 3 is 2.19 bits per heavy atom. The Morgan fingerprint density at radius 2 is 1.66 bits per heavy atom. The maximum atomic E-state index is 13.1. The van der Waals surface area contributed by atoms with Crippen molar-refractivity contribution in [2.24, 2.45) is 0 Å². The summed E-state index contributed by atoms with van der Waals surface area (Å²) in [7, 11) is -3.76. The quantitative estimate of drug-likeness (QED) is 0.640. The molecule has 2 aromatic carbocycles. The van der Waals surface area contributed by atoms with E-state index in [4.69, 9.17) is 11.6 Å². The minimum Gasteiger partial charge on any atom is -0.368 e. The van der Waals surface area contributed by atoms with Crippen molar-refractivity contribution in [1.29, 1.82) is 0 Å². The van der Waals surface area contributed by atoms with Crippen molar-refractivity contribution < 1.29 is 26.4 Å². The van der Waals surface area contributed by atoms with E-state index in [-0.39, 0.29) is 19.0 Å². The Kier molecular flexibility index (Phi) is 6.94. The number of carbonyl (C=O) groups is 1. The van der Waals surface area contributed by atoms with Crippen molar-refractivity contribution in [2.75, 3.05) is 41.6 Å². The number of carbonyl (C=O) groups excluding carboxylic acids is 1. The van der Waals surface area contributed by atoms with E-state index in [0.717, 1.165) is 22.7 Å². The highest BCUT2D eigenvalue weighted by Gasteiger charge is 2.34. The molecular formula is C21H23ClF3N3O3S. The van der Waals surface area contributed by atoms with E-state index in [1.165, 1.54) is 30.0 Å². The molecule has 2 aromatic rings. The van der Waals surface area contributed by atoms with E-state index >= 15 is 0 Å². The molecule has 11 heteroatoms. The van der Waals surface area contributed by atoms with E-state index in [9.17, 15) is 26.4 Å². The van der Waals surface area contributed by atoms with Crippen molar-refractivity contribution in [3.63, 3.8) is 0 Å². The summed E-state index contributed by atoms with van der Waals surface area (Å²) in [4.78, 5) is 16.4. The molecule has 1 saturated heterocycles. The van der Waals surface area contributed by atoms with Crippen LogP contribution < -0.4 is 9.21 Å². The largest absolute Gasteiger partial charge is 0.416 e. The van der Waals surface area contributed by atoms with Crippen molar-refractivity contribution in [1.82, 2.24) is 4.90 Å². The normalized spacial score (nSPS) is 16.1. The van der Waals surface area contributed by atoms with Gasteiger partial charge >= 0.3 is 6.18 Å². The van der Waals surface area contributed by atoms with Gasteiger partial charge < -0.3 is 9.80 Å². The van der Waals surface area contributed by atoms with Crippen LogP contribution in [0.4, 0.5) is 24.5 Å². The van der Waals surface area contributed by atoms with Gasteiger partial charge in [0.15, 0.2) is 0 Å². The summed E-state index contributed by atoms with van der Waals surface area (Å²) < 4.78 is 64.9. The lowest BCUT2D eigenvalue weighted by Gasteiger charge is -2.39. The van der Waals surface area contributed by atoms with Crippen molar-refractivity contribution in [3.8, 4) is 0 Å². The zero-order valence-electron chi connectivity index (χ0n) is 17.5. The zero-order chi connectivity index (χ0) is 23.7. The minimum absolute atomic E-state index is 0.262. The smallest absolute Gasteiger partial charge is 0.368 e. The molecule has 1 aliphatic heterocycles. The molecule has 32 heavy (non-hydrogen) atoms. The number of rotatable bonds is 5. The Labute approximate surface area is 190 Å². The summed E-state index contributed by atoms with van der Waals surface area (Å²) in [6.07, 6.45) is -3.41. The van der Waals surface area contributed by atoms with Crippen LogP contribution in [0.3, 0.4) is 0 Å². The van der Waals surface area contributed by atoms with E-state index in [1.54, 1.807) is 23.1 Å². The summed E-state index contributed by atoms with van der Waals surface area (Å²) in [6, 6.07) is 10.2. The lowest BCUT2D eigenvalue weighted by atomic mass is 10.1. The van der Waals surface area contributed by atoms with Crippen molar-refractivity contribution in [2.45, 2.75) is 19.1 Å². The van der Waals surface area contributed by atoms with Crippen LogP contribution in [0.2, 0.25) is 5.02 Å². The van der Waals surface area contributed by atoms with Gasteiger partial charge in [-0.2, -0.15) is 13.2 Å². The standard InChI is InChI=1S/C21H23ClF3N3O3S/c1-15(28(32(2,30)31)18-8-6-17(22)7-9-18)20(29)27-12-10-26(11-13-27)19-5-3-4-16(14-19)21(23,24)25/h3-9,14-15H,10-13H2,1-2H3/t15-/m1/s1. The van der Waals surface area contributed by atoms with Crippen LogP contribution in [-0.4, -0.2) is 57.7 Å². The summed E-state index contributed by atoms with van der Waals surface area (Å²) >= 11 is 5.88. The molecule has 0 radical (unpaired) electrons. The van der Waals surface area contributed by atoms with Crippen LogP contribution in [-0.2, 0) is 21.0 Å². The van der Waals surface area contributed by atoms with Crippen LogP contribution >= 0.6 is 11.6 Å². The first-order valence-electron chi connectivity index (χ1n) is 9.84. The van der Waals surface area contributed by atoms with Gasteiger partial charge in [0.2, 0.25) is 15.9 Å². The number of amides is 1. The fourth-order valence-corrected chi connectivity index (χ4v) is 5.01. The van der Waals surface area contributed by atoms with Crippen molar-refractivity contribution in [3.05, 3.63) is 59.1 Å². The summed E-state index contributed by atoms with van der Waals surface area (Å²) in [5.74, 6) is -0.380. The van der Waals surface area contributed by atoms with Crippen LogP contribution in [0.25, 0.3) is 0 Å². The Bertz CT molecular complexity index is 1070. The summed E-state index contributed by atoms with van der Waals surface area (Å²) in [5.41, 5.74) is 0.0214. The molecule has 1 heterocycles. The zero-order valence-corrected chi connectivity index (χ0v) is 19.1. The first-order valence-corrected chi connectivity index (χ1v) is 12.1. The van der Waals surface area contributed by atoms with Gasteiger partial charge in [0.25, 0.3) is 0 Å². The molecule has 1 fully saturated rings. The van der Waals surface area contributed by atoms with Gasteiger partial charge in [-0.05, 0) is 49.4 Å². The second-order valence-corrected chi connectivity index (χ2v) is 9.87. The predicted molar refractivity (Wildman–Crippen MR) is 118 cm³/mol. The van der Waals surface area contributed by atoms with E-state index < -0.39 is 27.8 Å². The molecule has 3 rings (SSSR count). The first-order chi connectivity index (χ1) is 14.9. The molecule has 1 amide bonds. The average Bonchev–Trinajstić information content (AvgIpc) is 2.73. The first kappa shape index (κ1) is 24.2. The Morgan fingerprint density at radius 1 is 1.06 bits per heavy atom. The monoisotopic (exact) mass is 489 g/mol. The van der Waals surface area contributed by atoms with Crippen LogP contribution in [0.5, 0.6) is 0 Å². The molecule has 174 valence electrons. The van der Waals surface area contributed by atoms with Gasteiger partial charge in [-0.3, -0.25) is 9.10 Å². The molecule has 0 aliphatic carbocycles. The lowest BCUT2D eigenvalue weighted by molar-refractivity contribution is -0.137. The molecule has 0 spiro atoms. The number of sulfonamides is 1. The molecule has 0 aromatic heterocycles. The van der Waals surface area contributed by atoms with E-state index in [2.05, 4.69) is 0 Å². The van der Waals surface area contributed by atoms with Gasteiger partial charge in [0, 0.05) is 36.9 Å². The van der Waals surface area contributed by atoms with Crippen molar-refractivity contribution >= 4 is 38.9 Å². The lowest BCUT2D eigenvalue weighted by Crippen LogP contribution is -2.55. The molecule has 0 saturated carbocycles. The third-order valence-corrected chi connectivity index (χ3v) is 6.77. The number of benzene rings is 2. The number of hydrogen-bond acceptors (Lipinski definition) is 4. The maximum absolute atomic E-state index is 13.1. The molecule has 1 atom stereocenters. The Balaban J connectivity index is 1.72. The number of halogens is 4. The maximum Gasteiger partial charge on any atom is 0.416 e. The van der Waals surface area contributed by atoms with Crippen LogP contribution in [0, 0.1) is 0 Å². The van der Waals surface area contributed by atoms with Gasteiger partial charge in [-0.25, -0.2) is 8.42 Å². The fourth-order valence-electron chi connectivity index (χ4n) is 3.72. The highest BCUT2D eigenvalue weighted by molar-refractivity contribution is 7.92. The van der Waals surface area contributed by atoms with E-state index in [0.29, 0.717) is 29.5 Å². The second-order valence-electron chi connectivity index (χ2n) is 7.57. The average molecular weight is 490 g/mol. The summed E-state index contributed by atoms with van der Waals surface area (Å²) in [5, 5.41) is 0.437. The predicted octanol–water partition coefficient (Wildman–Crippen LogP) is 3.86. The number of nitrogens with zero attached hydrogens (tertiary/aromatic N) is 3. The third-order valence-electron chi connectivity index (χ3n) is 5.28. The highest BCUT2D eigenvalue weighted by atomic mass is 35.5. The van der Waals surface area contributed by atoms with Gasteiger partial charge in [0.1, 0.15) is 6.04 Å². The molecule has 0 unspecified atom stereocenters. The topological polar surface area (TPSA) is 60.9 Å². The molecule has 0 bridgehead atoms. The summed E-state index contributed by atoms with van der Waals surface area (Å²) in [6.45, 7) is 2.70. The second kappa shape index (κ2) is 9.19. The molecule has 1 aliphatic rings. The molecular weight excluding hydrogens is 467 g/mol. The number of hydrogen-bond donors (Lipinski definition) is 0. The number of anilines is 2. The van der Waals surface area contributed by atoms with E-state index in [1.807, 2.05) is 0 Å². The van der Waals surface area contributed by atoms with Gasteiger partial charge in [0.05, 0.1) is 17.5 Å². The fraction of sp³-hybridized carbons (Fsp3) is 0.381. The SMILES string of the molecule is C[C@H](C(=O)N1CCN(c2cccc(C(F)(F)F)c2)CC1)N(c1ccc(Cl)cc1)S(C)(=O)=O.